The highest BCUT2D eigenvalue weighted by molar-refractivity contribution is 5.50. The molecule has 0 atom stereocenters. The molecule has 1 aliphatic heterocycles. The molecule has 84 valence electrons. The first-order valence-corrected chi connectivity index (χ1v) is 5.28. The molecule has 1 aromatic rings. The van der Waals surface area contributed by atoms with E-state index in [2.05, 4.69) is 6.07 Å². The summed E-state index contributed by atoms with van der Waals surface area (Å²) in [4.78, 5) is 0. The van der Waals surface area contributed by atoms with Gasteiger partial charge in [-0.3, -0.25) is 0 Å². The van der Waals surface area contributed by atoms with Crippen molar-refractivity contribution in [1.82, 2.24) is 0 Å². The molecule has 1 aliphatic rings. The molecule has 0 aromatic heterocycles. The molecule has 16 heavy (non-hydrogen) atoms. The van der Waals surface area contributed by atoms with E-state index in [0.717, 1.165) is 11.3 Å². The van der Waals surface area contributed by atoms with Crippen molar-refractivity contribution in [1.29, 1.82) is 5.26 Å². The van der Waals surface area contributed by atoms with Crippen LogP contribution in [0.2, 0.25) is 0 Å². The SMILES string of the molecule is COc1cc(C)c(C)cc1C1(C#N)COC1. The van der Waals surface area contributed by atoms with Crippen molar-refractivity contribution in [2.75, 3.05) is 20.3 Å². The number of ether oxygens (including phenoxy) is 2. The van der Waals surface area contributed by atoms with Crippen LogP contribution in [0.3, 0.4) is 0 Å². The molecule has 0 radical (unpaired) electrons. The van der Waals surface area contributed by atoms with E-state index in [9.17, 15) is 5.26 Å². The van der Waals surface area contributed by atoms with Crippen LogP contribution >= 0.6 is 0 Å². The molecule has 3 nitrogen and oxygen atoms in total. The van der Waals surface area contributed by atoms with E-state index in [1.54, 1.807) is 7.11 Å². The van der Waals surface area contributed by atoms with Gasteiger partial charge in [0.2, 0.25) is 0 Å². The van der Waals surface area contributed by atoms with Gasteiger partial charge in [-0.1, -0.05) is 6.07 Å². The molecule has 1 saturated heterocycles. The fourth-order valence-corrected chi connectivity index (χ4v) is 1.92. The number of nitrogens with zero attached hydrogens (tertiary/aromatic N) is 1. The first kappa shape index (κ1) is 11.0. The first-order valence-electron chi connectivity index (χ1n) is 5.28. The van der Waals surface area contributed by atoms with Crippen LogP contribution < -0.4 is 4.74 Å². The first-order chi connectivity index (χ1) is 7.63. The van der Waals surface area contributed by atoms with Crippen LogP contribution in [-0.2, 0) is 10.2 Å². The van der Waals surface area contributed by atoms with E-state index in [1.807, 2.05) is 26.0 Å². The third-order valence-electron chi connectivity index (χ3n) is 3.24. The van der Waals surface area contributed by atoms with Crippen molar-refractivity contribution < 1.29 is 9.47 Å². The van der Waals surface area contributed by atoms with Gasteiger partial charge in [-0.2, -0.15) is 5.26 Å². The molecule has 0 amide bonds. The lowest BCUT2D eigenvalue weighted by molar-refractivity contribution is -0.0307. The molecule has 0 saturated carbocycles. The Hall–Kier alpha value is -1.53. The normalized spacial score (nSPS) is 17.4. The lowest BCUT2D eigenvalue weighted by Crippen LogP contribution is -2.45. The summed E-state index contributed by atoms with van der Waals surface area (Å²) in [6.45, 7) is 5.01. The van der Waals surface area contributed by atoms with Crippen LogP contribution in [0.25, 0.3) is 0 Å². The molecule has 2 rings (SSSR count). The van der Waals surface area contributed by atoms with Gasteiger partial charge in [0.1, 0.15) is 11.2 Å². The number of nitriles is 1. The highest BCUT2D eigenvalue weighted by atomic mass is 16.5. The Balaban J connectivity index is 2.55. The molecular formula is C13H15NO2. The molecular weight excluding hydrogens is 202 g/mol. The average Bonchev–Trinajstić information content (AvgIpc) is 2.22. The van der Waals surface area contributed by atoms with Crippen molar-refractivity contribution in [3.05, 3.63) is 28.8 Å². The number of rotatable bonds is 2. The molecule has 0 unspecified atom stereocenters. The average molecular weight is 217 g/mol. The summed E-state index contributed by atoms with van der Waals surface area (Å²) in [7, 11) is 1.64. The smallest absolute Gasteiger partial charge is 0.132 e. The van der Waals surface area contributed by atoms with Gasteiger partial charge in [0.05, 0.1) is 26.4 Å². The van der Waals surface area contributed by atoms with Crippen molar-refractivity contribution in [2.24, 2.45) is 0 Å². The Morgan fingerprint density at radius 2 is 1.94 bits per heavy atom. The van der Waals surface area contributed by atoms with Gasteiger partial charge in [0.15, 0.2) is 0 Å². The summed E-state index contributed by atoms with van der Waals surface area (Å²) in [6.07, 6.45) is 0. The quantitative estimate of drug-likeness (QED) is 0.761. The maximum Gasteiger partial charge on any atom is 0.132 e. The standard InChI is InChI=1S/C13H15NO2/c1-9-4-11(12(15-3)5-10(9)2)13(6-14)7-16-8-13/h4-5H,7-8H2,1-3H3. The fourth-order valence-electron chi connectivity index (χ4n) is 1.92. The van der Waals surface area contributed by atoms with Gasteiger partial charge in [0.25, 0.3) is 0 Å². The Kier molecular flexibility index (Phi) is 2.61. The largest absolute Gasteiger partial charge is 0.496 e. The van der Waals surface area contributed by atoms with E-state index >= 15 is 0 Å². The summed E-state index contributed by atoms with van der Waals surface area (Å²) in [5.41, 5.74) is 2.79. The number of hydrogen-bond donors (Lipinski definition) is 0. The predicted octanol–water partition coefficient (Wildman–Crippen LogP) is 2.10. The lowest BCUT2D eigenvalue weighted by Gasteiger charge is -2.36. The van der Waals surface area contributed by atoms with Gasteiger partial charge in [-0.15, -0.1) is 0 Å². The molecule has 0 N–H and O–H groups in total. The van der Waals surface area contributed by atoms with Crippen LogP contribution in [0.4, 0.5) is 0 Å². The molecule has 1 aromatic carbocycles. The molecule has 1 fully saturated rings. The van der Waals surface area contributed by atoms with Gasteiger partial charge < -0.3 is 9.47 Å². The van der Waals surface area contributed by atoms with E-state index in [0.29, 0.717) is 13.2 Å². The van der Waals surface area contributed by atoms with Crippen molar-refractivity contribution in [3.63, 3.8) is 0 Å². The molecule has 0 bridgehead atoms. The summed E-state index contributed by atoms with van der Waals surface area (Å²) in [5.74, 6) is 0.785. The van der Waals surface area contributed by atoms with Crippen LogP contribution in [0.15, 0.2) is 12.1 Å². The zero-order valence-corrected chi connectivity index (χ0v) is 9.83. The third kappa shape index (κ3) is 1.46. The molecule has 3 heteroatoms. The van der Waals surface area contributed by atoms with E-state index in [-0.39, 0.29) is 0 Å². The summed E-state index contributed by atoms with van der Waals surface area (Å²) >= 11 is 0. The Labute approximate surface area is 95.6 Å². The summed E-state index contributed by atoms with van der Waals surface area (Å²) in [5, 5.41) is 9.28. The Morgan fingerprint density at radius 3 is 2.38 bits per heavy atom. The summed E-state index contributed by atoms with van der Waals surface area (Å²) in [6, 6.07) is 6.38. The predicted molar refractivity (Wildman–Crippen MR) is 60.6 cm³/mol. The van der Waals surface area contributed by atoms with Crippen molar-refractivity contribution >= 4 is 0 Å². The van der Waals surface area contributed by atoms with Crippen LogP contribution in [0, 0.1) is 25.2 Å². The fraction of sp³-hybridized carbons (Fsp3) is 0.462. The second-order valence-electron chi connectivity index (χ2n) is 4.32. The number of methoxy groups -OCH3 is 1. The van der Waals surface area contributed by atoms with E-state index in [4.69, 9.17) is 9.47 Å². The third-order valence-corrected chi connectivity index (χ3v) is 3.24. The molecule has 0 spiro atoms. The van der Waals surface area contributed by atoms with Gasteiger partial charge in [-0.05, 0) is 31.0 Å². The maximum atomic E-state index is 9.28. The number of aryl methyl sites for hydroxylation is 2. The lowest BCUT2D eigenvalue weighted by atomic mass is 9.78. The minimum Gasteiger partial charge on any atom is -0.496 e. The molecule has 0 aliphatic carbocycles. The second-order valence-corrected chi connectivity index (χ2v) is 4.32. The molecule has 1 heterocycles. The number of benzene rings is 1. The van der Waals surface area contributed by atoms with Crippen molar-refractivity contribution in [3.8, 4) is 11.8 Å². The maximum absolute atomic E-state index is 9.28. The van der Waals surface area contributed by atoms with Gasteiger partial charge in [0, 0.05) is 5.56 Å². The number of hydrogen-bond acceptors (Lipinski definition) is 3. The zero-order valence-electron chi connectivity index (χ0n) is 9.83. The second kappa shape index (κ2) is 3.80. The van der Waals surface area contributed by atoms with Crippen molar-refractivity contribution in [2.45, 2.75) is 19.3 Å². The minimum atomic E-state index is -0.510. The monoisotopic (exact) mass is 217 g/mol. The van der Waals surface area contributed by atoms with Crippen LogP contribution in [0.1, 0.15) is 16.7 Å². The van der Waals surface area contributed by atoms with E-state index in [1.165, 1.54) is 11.1 Å². The van der Waals surface area contributed by atoms with E-state index < -0.39 is 5.41 Å². The van der Waals surface area contributed by atoms with Gasteiger partial charge in [-0.25, -0.2) is 0 Å². The Morgan fingerprint density at radius 1 is 1.31 bits per heavy atom. The topological polar surface area (TPSA) is 42.2 Å². The van der Waals surface area contributed by atoms with Crippen LogP contribution in [0.5, 0.6) is 5.75 Å². The minimum absolute atomic E-state index is 0.461. The zero-order chi connectivity index (χ0) is 11.8. The highest BCUT2D eigenvalue weighted by Gasteiger charge is 2.43. The Bertz CT molecular complexity index is 456. The summed E-state index contributed by atoms with van der Waals surface area (Å²) < 4.78 is 10.5. The highest BCUT2D eigenvalue weighted by Crippen LogP contribution is 2.38. The van der Waals surface area contributed by atoms with Crippen LogP contribution in [-0.4, -0.2) is 20.3 Å². The van der Waals surface area contributed by atoms with Gasteiger partial charge >= 0.3 is 0 Å².